The largest absolute Gasteiger partial charge is 0.341 e. The second-order valence-electron chi connectivity index (χ2n) is 5.53. The molecule has 1 amide bonds. The van der Waals surface area contributed by atoms with E-state index < -0.39 is 0 Å². The summed E-state index contributed by atoms with van der Waals surface area (Å²) in [5, 5.41) is 3.44. The predicted molar refractivity (Wildman–Crippen MR) is 67.4 cm³/mol. The van der Waals surface area contributed by atoms with E-state index in [9.17, 15) is 4.79 Å². The van der Waals surface area contributed by atoms with Crippen molar-refractivity contribution in [1.29, 1.82) is 0 Å². The molecule has 94 valence electrons. The van der Waals surface area contributed by atoms with Crippen LogP contribution in [-0.2, 0) is 4.79 Å². The van der Waals surface area contributed by atoms with Crippen molar-refractivity contribution in [2.75, 3.05) is 13.1 Å². The molecule has 16 heavy (non-hydrogen) atoms. The van der Waals surface area contributed by atoms with Crippen molar-refractivity contribution >= 4 is 5.91 Å². The van der Waals surface area contributed by atoms with Crippen molar-refractivity contribution < 1.29 is 4.79 Å². The van der Waals surface area contributed by atoms with Gasteiger partial charge in [-0.2, -0.15) is 0 Å². The average molecular weight is 226 g/mol. The zero-order valence-corrected chi connectivity index (χ0v) is 11.2. The van der Waals surface area contributed by atoms with Crippen LogP contribution in [0.25, 0.3) is 0 Å². The molecule has 0 spiro atoms. The lowest BCUT2D eigenvalue weighted by Crippen LogP contribution is -2.51. The summed E-state index contributed by atoms with van der Waals surface area (Å²) in [6.45, 7) is 10.4. The quantitative estimate of drug-likeness (QED) is 0.779. The molecule has 0 radical (unpaired) electrons. The summed E-state index contributed by atoms with van der Waals surface area (Å²) in [5.41, 5.74) is 0.0591. The van der Waals surface area contributed by atoms with Crippen molar-refractivity contribution in [2.45, 2.75) is 65.0 Å². The molecular formula is C13H26N2O. The van der Waals surface area contributed by atoms with Crippen molar-refractivity contribution in [3.8, 4) is 0 Å². The molecule has 1 fully saturated rings. The third-order valence-corrected chi connectivity index (χ3v) is 3.27. The molecule has 1 rings (SSSR count). The zero-order chi connectivity index (χ0) is 12.2. The van der Waals surface area contributed by atoms with Gasteiger partial charge in [0.1, 0.15) is 0 Å². The van der Waals surface area contributed by atoms with E-state index in [4.69, 9.17) is 0 Å². The highest BCUT2D eigenvalue weighted by atomic mass is 16.2. The van der Waals surface area contributed by atoms with Crippen LogP contribution in [0.4, 0.5) is 0 Å². The van der Waals surface area contributed by atoms with Gasteiger partial charge in [-0.1, -0.05) is 13.3 Å². The summed E-state index contributed by atoms with van der Waals surface area (Å²) in [4.78, 5) is 14.1. The van der Waals surface area contributed by atoms with Crippen LogP contribution in [0.5, 0.6) is 0 Å². The van der Waals surface area contributed by atoms with Gasteiger partial charge in [0.2, 0.25) is 5.91 Å². The van der Waals surface area contributed by atoms with Gasteiger partial charge in [0.05, 0.1) is 6.04 Å². The molecule has 1 atom stereocenters. The summed E-state index contributed by atoms with van der Waals surface area (Å²) in [7, 11) is 0. The number of nitrogens with zero attached hydrogens (tertiary/aromatic N) is 1. The Hall–Kier alpha value is -0.570. The van der Waals surface area contributed by atoms with E-state index in [2.05, 4.69) is 26.1 Å². The molecule has 1 unspecified atom stereocenters. The van der Waals surface area contributed by atoms with E-state index in [1.165, 1.54) is 0 Å². The highest BCUT2D eigenvalue weighted by Gasteiger charge is 2.27. The Morgan fingerprint density at radius 2 is 1.94 bits per heavy atom. The molecule has 0 aromatic carbocycles. The maximum atomic E-state index is 12.1. The normalized spacial score (nSPS) is 18.9. The molecular weight excluding hydrogens is 200 g/mol. The second kappa shape index (κ2) is 5.67. The zero-order valence-electron chi connectivity index (χ0n) is 11.2. The molecule has 3 heteroatoms. The topological polar surface area (TPSA) is 32.3 Å². The molecule has 0 aliphatic carbocycles. The predicted octanol–water partition coefficient (Wildman–Crippen LogP) is 2.17. The number of amides is 1. The Bertz CT molecular complexity index is 232. The SMILES string of the molecule is CCCC(C)(C)NC(C)C(=O)N1CCCC1. The van der Waals surface area contributed by atoms with Gasteiger partial charge in [0.15, 0.2) is 0 Å². The number of carbonyl (C=O) groups excluding carboxylic acids is 1. The van der Waals surface area contributed by atoms with Crippen LogP contribution >= 0.6 is 0 Å². The first-order chi connectivity index (χ1) is 7.46. The standard InChI is InChI=1S/C13H26N2O/c1-5-8-13(3,4)14-11(2)12(16)15-9-6-7-10-15/h11,14H,5-10H2,1-4H3. The highest BCUT2D eigenvalue weighted by molar-refractivity contribution is 5.81. The number of likely N-dealkylation sites (tertiary alicyclic amines) is 1. The molecule has 0 saturated carbocycles. The lowest BCUT2D eigenvalue weighted by molar-refractivity contribution is -0.132. The Labute approximate surface area is 99.6 Å². The Morgan fingerprint density at radius 1 is 1.38 bits per heavy atom. The second-order valence-corrected chi connectivity index (χ2v) is 5.53. The first-order valence-corrected chi connectivity index (χ1v) is 6.53. The number of hydrogen-bond donors (Lipinski definition) is 1. The maximum absolute atomic E-state index is 12.1. The molecule has 1 aliphatic rings. The number of nitrogens with one attached hydrogen (secondary N) is 1. The van der Waals surface area contributed by atoms with E-state index in [1.54, 1.807) is 0 Å². The summed E-state index contributed by atoms with van der Waals surface area (Å²) < 4.78 is 0. The van der Waals surface area contributed by atoms with Crippen molar-refractivity contribution in [3.63, 3.8) is 0 Å². The molecule has 0 aromatic heterocycles. The van der Waals surface area contributed by atoms with Gasteiger partial charge >= 0.3 is 0 Å². The maximum Gasteiger partial charge on any atom is 0.239 e. The fourth-order valence-electron chi connectivity index (χ4n) is 2.56. The van der Waals surface area contributed by atoms with E-state index in [-0.39, 0.29) is 17.5 Å². The summed E-state index contributed by atoms with van der Waals surface area (Å²) in [6.07, 6.45) is 4.57. The van der Waals surface area contributed by atoms with Crippen LogP contribution in [0.1, 0.15) is 53.4 Å². The summed E-state index contributed by atoms with van der Waals surface area (Å²) in [6, 6.07) is -0.0559. The Kier molecular flexibility index (Phi) is 4.78. The third-order valence-electron chi connectivity index (χ3n) is 3.27. The van der Waals surface area contributed by atoms with Gasteiger partial charge in [0, 0.05) is 18.6 Å². The van der Waals surface area contributed by atoms with Gasteiger partial charge in [-0.05, 0) is 40.0 Å². The van der Waals surface area contributed by atoms with Crippen LogP contribution in [0.2, 0.25) is 0 Å². The van der Waals surface area contributed by atoms with Crippen molar-refractivity contribution in [3.05, 3.63) is 0 Å². The lowest BCUT2D eigenvalue weighted by Gasteiger charge is -2.31. The Balaban J connectivity index is 2.44. The minimum atomic E-state index is -0.0559. The summed E-state index contributed by atoms with van der Waals surface area (Å²) in [5.74, 6) is 0.265. The smallest absolute Gasteiger partial charge is 0.239 e. The average Bonchev–Trinajstić information content (AvgIpc) is 2.68. The Morgan fingerprint density at radius 3 is 2.44 bits per heavy atom. The minimum absolute atomic E-state index is 0.0559. The van der Waals surface area contributed by atoms with Gasteiger partial charge < -0.3 is 10.2 Å². The fraction of sp³-hybridized carbons (Fsp3) is 0.923. The van der Waals surface area contributed by atoms with Crippen LogP contribution < -0.4 is 5.32 Å². The number of hydrogen-bond acceptors (Lipinski definition) is 2. The monoisotopic (exact) mass is 226 g/mol. The van der Waals surface area contributed by atoms with Gasteiger partial charge in [0.25, 0.3) is 0 Å². The molecule has 1 saturated heterocycles. The molecule has 1 N–H and O–H groups in total. The molecule has 0 bridgehead atoms. The highest BCUT2D eigenvalue weighted by Crippen LogP contribution is 2.14. The number of rotatable bonds is 5. The van der Waals surface area contributed by atoms with Crippen LogP contribution in [0, 0.1) is 0 Å². The van der Waals surface area contributed by atoms with E-state index >= 15 is 0 Å². The third kappa shape index (κ3) is 3.78. The van der Waals surface area contributed by atoms with Crippen LogP contribution in [-0.4, -0.2) is 35.5 Å². The van der Waals surface area contributed by atoms with Crippen molar-refractivity contribution in [1.82, 2.24) is 10.2 Å². The van der Waals surface area contributed by atoms with Gasteiger partial charge in [-0.25, -0.2) is 0 Å². The fourth-order valence-corrected chi connectivity index (χ4v) is 2.56. The molecule has 1 heterocycles. The minimum Gasteiger partial charge on any atom is -0.341 e. The number of carbonyl (C=O) groups is 1. The van der Waals surface area contributed by atoms with E-state index in [0.717, 1.165) is 38.8 Å². The van der Waals surface area contributed by atoms with Crippen molar-refractivity contribution in [2.24, 2.45) is 0 Å². The van der Waals surface area contributed by atoms with Crippen LogP contribution in [0.15, 0.2) is 0 Å². The summed E-state index contributed by atoms with van der Waals surface area (Å²) >= 11 is 0. The van der Waals surface area contributed by atoms with Gasteiger partial charge in [-0.3, -0.25) is 4.79 Å². The first kappa shape index (κ1) is 13.5. The van der Waals surface area contributed by atoms with E-state index in [0.29, 0.717) is 0 Å². The lowest BCUT2D eigenvalue weighted by atomic mass is 9.97. The van der Waals surface area contributed by atoms with Crippen LogP contribution in [0.3, 0.4) is 0 Å². The first-order valence-electron chi connectivity index (χ1n) is 6.53. The molecule has 3 nitrogen and oxygen atoms in total. The molecule has 1 aliphatic heterocycles. The van der Waals surface area contributed by atoms with Gasteiger partial charge in [-0.15, -0.1) is 0 Å². The van der Waals surface area contributed by atoms with E-state index in [1.807, 2.05) is 11.8 Å². The molecule has 0 aromatic rings.